The van der Waals surface area contributed by atoms with Gasteiger partial charge in [0.1, 0.15) is 0 Å². The Labute approximate surface area is 82.8 Å². The molecule has 0 atom stereocenters. The molecule has 0 aromatic rings. The molecule has 5 heteroatoms. The van der Waals surface area contributed by atoms with Crippen LogP contribution in [0, 0.1) is 0 Å². The molecule has 0 spiro atoms. The summed E-state index contributed by atoms with van der Waals surface area (Å²) >= 11 is 0. The molecule has 0 saturated carbocycles. The minimum absolute atomic E-state index is 0.130. The number of alkyl halides is 3. The Bertz CT molecular complexity index is 137. The molecule has 1 N–H and O–H groups in total. The SMILES string of the molecule is CC(C)OCCNCCCC(F)(F)F. The molecule has 0 fully saturated rings. The van der Waals surface area contributed by atoms with Crippen LogP contribution in [0.4, 0.5) is 13.2 Å². The Morgan fingerprint density at radius 3 is 2.36 bits per heavy atom. The van der Waals surface area contributed by atoms with Gasteiger partial charge in [-0.3, -0.25) is 0 Å². The van der Waals surface area contributed by atoms with Crippen LogP contribution in [0.3, 0.4) is 0 Å². The third-order valence-electron chi connectivity index (χ3n) is 1.54. The van der Waals surface area contributed by atoms with Gasteiger partial charge in [0.25, 0.3) is 0 Å². The summed E-state index contributed by atoms with van der Waals surface area (Å²) in [6.07, 6.45) is -4.45. The van der Waals surface area contributed by atoms with Crippen molar-refractivity contribution in [1.82, 2.24) is 5.32 Å². The fraction of sp³-hybridized carbons (Fsp3) is 1.00. The molecule has 0 aliphatic rings. The van der Waals surface area contributed by atoms with Crippen LogP contribution >= 0.6 is 0 Å². The minimum Gasteiger partial charge on any atom is -0.377 e. The van der Waals surface area contributed by atoms with E-state index in [1.807, 2.05) is 13.8 Å². The third-order valence-corrected chi connectivity index (χ3v) is 1.54. The van der Waals surface area contributed by atoms with Crippen molar-refractivity contribution in [1.29, 1.82) is 0 Å². The van der Waals surface area contributed by atoms with Gasteiger partial charge in [0.15, 0.2) is 0 Å². The number of nitrogens with one attached hydrogen (secondary N) is 1. The van der Waals surface area contributed by atoms with Crippen LogP contribution in [0.1, 0.15) is 26.7 Å². The first kappa shape index (κ1) is 13.7. The molecule has 0 unspecified atom stereocenters. The molecule has 0 radical (unpaired) electrons. The standard InChI is InChI=1S/C9H18F3NO/c1-8(2)14-7-6-13-5-3-4-9(10,11)12/h8,13H,3-7H2,1-2H3. The number of hydrogen-bond acceptors (Lipinski definition) is 2. The molecule has 0 aromatic heterocycles. The predicted octanol–water partition coefficient (Wildman–Crippen LogP) is 2.34. The second kappa shape index (κ2) is 7.06. The van der Waals surface area contributed by atoms with Gasteiger partial charge in [-0.1, -0.05) is 0 Å². The quantitative estimate of drug-likeness (QED) is 0.655. The fourth-order valence-electron chi connectivity index (χ4n) is 0.906. The van der Waals surface area contributed by atoms with E-state index in [-0.39, 0.29) is 12.5 Å². The molecule has 2 nitrogen and oxygen atoms in total. The third kappa shape index (κ3) is 11.7. The lowest BCUT2D eigenvalue weighted by Gasteiger charge is -2.09. The molecular formula is C9H18F3NO. The Hall–Kier alpha value is -0.290. The van der Waals surface area contributed by atoms with Crippen molar-refractivity contribution in [2.45, 2.75) is 39.0 Å². The maximum absolute atomic E-state index is 11.7. The number of ether oxygens (including phenoxy) is 1. The number of hydrogen-bond donors (Lipinski definition) is 1. The molecule has 0 aliphatic carbocycles. The normalized spacial score (nSPS) is 12.4. The molecule has 0 amide bonds. The second-order valence-electron chi connectivity index (χ2n) is 3.39. The summed E-state index contributed by atoms with van der Waals surface area (Å²) in [5.41, 5.74) is 0. The van der Waals surface area contributed by atoms with Crippen LogP contribution in [0.2, 0.25) is 0 Å². The lowest BCUT2D eigenvalue weighted by Crippen LogP contribution is -2.23. The monoisotopic (exact) mass is 213 g/mol. The Morgan fingerprint density at radius 1 is 1.21 bits per heavy atom. The van der Waals surface area contributed by atoms with Gasteiger partial charge in [-0.05, 0) is 26.8 Å². The Kier molecular flexibility index (Phi) is 6.92. The van der Waals surface area contributed by atoms with Crippen molar-refractivity contribution >= 4 is 0 Å². The minimum atomic E-state index is -4.03. The molecule has 0 heterocycles. The largest absolute Gasteiger partial charge is 0.389 e. The summed E-state index contributed by atoms with van der Waals surface area (Å²) in [5.74, 6) is 0. The van der Waals surface area contributed by atoms with Crippen molar-refractivity contribution < 1.29 is 17.9 Å². The maximum Gasteiger partial charge on any atom is 0.389 e. The first-order valence-electron chi connectivity index (χ1n) is 4.81. The lowest BCUT2D eigenvalue weighted by atomic mass is 10.3. The summed E-state index contributed by atoms with van der Waals surface area (Å²) in [6, 6.07) is 0. The van der Waals surface area contributed by atoms with Crippen LogP contribution in [0.15, 0.2) is 0 Å². The first-order valence-corrected chi connectivity index (χ1v) is 4.81. The van der Waals surface area contributed by atoms with Gasteiger partial charge in [0, 0.05) is 13.0 Å². The molecule has 86 valence electrons. The van der Waals surface area contributed by atoms with E-state index >= 15 is 0 Å². The van der Waals surface area contributed by atoms with Crippen molar-refractivity contribution in [3.05, 3.63) is 0 Å². The zero-order chi connectivity index (χ0) is 11.0. The lowest BCUT2D eigenvalue weighted by molar-refractivity contribution is -0.135. The molecule has 0 aromatic carbocycles. The van der Waals surface area contributed by atoms with Crippen LogP contribution in [0.25, 0.3) is 0 Å². The first-order chi connectivity index (χ1) is 6.42. The zero-order valence-corrected chi connectivity index (χ0v) is 8.66. The summed E-state index contributed by atoms with van der Waals surface area (Å²) < 4.78 is 40.3. The molecule has 0 saturated heterocycles. The average molecular weight is 213 g/mol. The van der Waals surface area contributed by atoms with E-state index in [1.165, 1.54) is 0 Å². The van der Waals surface area contributed by atoms with Crippen molar-refractivity contribution in [3.63, 3.8) is 0 Å². The smallest absolute Gasteiger partial charge is 0.377 e. The topological polar surface area (TPSA) is 21.3 Å². The van der Waals surface area contributed by atoms with Crippen LogP contribution < -0.4 is 5.32 Å². The molecule has 0 aliphatic heterocycles. The van der Waals surface area contributed by atoms with Gasteiger partial charge in [0.05, 0.1) is 12.7 Å². The summed E-state index contributed by atoms with van der Waals surface area (Å²) in [6.45, 7) is 5.38. The van der Waals surface area contributed by atoms with E-state index in [0.717, 1.165) is 0 Å². The highest BCUT2D eigenvalue weighted by Gasteiger charge is 2.25. The van der Waals surface area contributed by atoms with Crippen molar-refractivity contribution in [2.75, 3.05) is 19.7 Å². The van der Waals surface area contributed by atoms with Crippen molar-refractivity contribution in [3.8, 4) is 0 Å². The van der Waals surface area contributed by atoms with Crippen LogP contribution in [-0.2, 0) is 4.74 Å². The van der Waals surface area contributed by atoms with Gasteiger partial charge in [-0.25, -0.2) is 0 Å². The highest BCUT2D eigenvalue weighted by atomic mass is 19.4. The second-order valence-corrected chi connectivity index (χ2v) is 3.39. The van der Waals surface area contributed by atoms with E-state index in [9.17, 15) is 13.2 Å². The number of halogens is 3. The highest BCUT2D eigenvalue weighted by Crippen LogP contribution is 2.20. The molecular weight excluding hydrogens is 195 g/mol. The van der Waals surface area contributed by atoms with E-state index in [1.54, 1.807) is 0 Å². The summed E-state index contributed by atoms with van der Waals surface area (Å²) in [5, 5.41) is 2.89. The van der Waals surface area contributed by atoms with E-state index in [4.69, 9.17) is 4.74 Å². The Balaban J connectivity index is 3.07. The van der Waals surface area contributed by atoms with Gasteiger partial charge in [-0.15, -0.1) is 0 Å². The van der Waals surface area contributed by atoms with Gasteiger partial charge >= 0.3 is 6.18 Å². The van der Waals surface area contributed by atoms with Crippen LogP contribution in [-0.4, -0.2) is 32.0 Å². The van der Waals surface area contributed by atoms with Crippen molar-refractivity contribution in [2.24, 2.45) is 0 Å². The van der Waals surface area contributed by atoms with E-state index in [2.05, 4.69) is 5.32 Å². The van der Waals surface area contributed by atoms with E-state index in [0.29, 0.717) is 19.7 Å². The highest BCUT2D eigenvalue weighted by molar-refractivity contribution is 4.53. The van der Waals surface area contributed by atoms with E-state index < -0.39 is 12.6 Å². The maximum atomic E-state index is 11.7. The number of rotatable bonds is 7. The van der Waals surface area contributed by atoms with Gasteiger partial charge < -0.3 is 10.1 Å². The Morgan fingerprint density at radius 2 is 1.86 bits per heavy atom. The average Bonchev–Trinajstić information content (AvgIpc) is 2.00. The summed E-state index contributed by atoms with van der Waals surface area (Å²) in [4.78, 5) is 0. The molecule has 14 heavy (non-hydrogen) atoms. The molecule has 0 rings (SSSR count). The van der Waals surface area contributed by atoms with Gasteiger partial charge in [-0.2, -0.15) is 13.2 Å². The zero-order valence-electron chi connectivity index (χ0n) is 8.66. The predicted molar refractivity (Wildman–Crippen MR) is 49.2 cm³/mol. The molecule has 0 bridgehead atoms. The van der Waals surface area contributed by atoms with Crippen LogP contribution in [0.5, 0.6) is 0 Å². The van der Waals surface area contributed by atoms with Gasteiger partial charge in [0.2, 0.25) is 0 Å². The summed E-state index contributed by atoms with van der Waals surface area (Å²) in [7, 11) is 0. The fourth-order valence-corrected chi connectivity index (χ4v) is 0.906.